The average molecular weight is 448 g/mol. The third-order valence-corrected chi connectivity index (χ3v) is 6.14. The Labute approximate surface area is 193 Å². The highest BCUT2D eigenvalue weighted by Crippen LogP contribution is 2.11. The lowest BCUT2D eigenvalue weighted by Gasteiger charge is -2.37. The lowest BCUT2D eigenvalue weighted by Crippen LogP contribution is -2.54. The Morgan fingerprint density at radius 3 is 2.56 bits per heavy atom. The molecule has 1 N–H and O–H groups in total. The third-order valence-electron chi connectivity index (χ3n) is 6.14. The molecule has 0 atom stereocenters. The standard InChI is InChI=1S/C24H41N5O3/c1-2-31-19-8-11-25-24(26-12-10-22-9-7-20-32-22)29-17-15-27(16-18-29)21-23(30)28-13-5-3-4-6-14-28/h7,9,20H,2-6,8,10-19,21H2,1H3,(H,25,26). The number of hydrogen-bond acceptors (Lipinski definition) is 5. The first-order chi connectivity index (χ1) is 15.8. The van der Waals surface area contributed by atoms with Crippen molar-refractivity contribution < 1.29 is 13.9 Å². The predicted octanol–water partition coefficient (Wildman–Crippen LogP) is 2.21. The van der Waals surface area contributed by atoms with Gasteiger partial charge in [0.05, 0.1) is 12.8 Å². The SMILES string of the molecule is CCOCCCN=C(NCCc1ccco1)N1CCN(CC(=O)N2CCCCCC2)CC1. The van der Waals surface area contributed by atoms with Crippen molar-refractivity contribution in [2.45, 2.75) is 45.4 Å². The van der Waals surface area contributed by atoms with Crippen LogP contribution >= 0.6 is 0 Å². The summed E-state index contributed by atoms with van der Waals surface area (Å²) in [6.45, 7) is 11.0. The highest BCUT2D eigenvalue weighted by molar-refractivity contribution is 5.80. The summed E-state index contributed by atoms with van der Waals surface area (Å²) in [5, 5.41) is 3.51. The normalized spacial score (nSPS) is 18.6. The molecule has 3 heterocycles. The van der Waals surface area contributed by atoms with Gasteiger partial charge in [0.25, 0.3) is 0 Å². The molecule has 1 amide bonds. The topological polar surface area (TPSA) is 73.5 Å². The molecule has 0 bridgehead atoms. The number of aliphatic imine (C=N–C) groups is 1. The molecule has 0 spiro atoms. The van der Waals surface area contributed by atoms with Gasteiger partial charge in [-0.15, -0.1) is 0 Å². The molecule has 2 aliphatic heterocycles. The Balaban J connectivity index is 1.45. The van der Waals surface area contributed by atoms with Gasteiger partial charge < -0.3 is 24.3 Å². The van der Waals surface area contributed by atoms with Crippen molar-refractivity contribution in [1.29, 1.82) is 0 Å². The summed E-state index contributed by atoms with van der Waals surface area (Å²) in [6.07, 6.45) is 8.25. The molecule has 1 aromatic rings. The van der Waals surface area contributed by atoms with Gasteiger partial charge in [0.1, 0.15) is 5.76 Å². The number of rotatable bonds is 10. The minimum Gasteiger partial charge on any atom is -0.469 e. The second-order valence-corrected chi connectivity index (χ2v) is 8.57. The van der Waals surface area contributed by atoms with E-state index in [1.54, 1.807) is 6.26 Å². The van der Waals surface area contributed by atoms with Gasteiger partial charge in [0.15, 0.2) is 5.96 Å². The fourth-order valence-corrected chi connectivity index (χ4v) is 4.25. The molecule has 0 unspecified atom stereocenters. The van der Waals surface area contributed by atoms with Crippen LogP contribution in [0.3, 0.4) is 0 Å². The molecule has 32 heavy (non-hydrogen) atoms. The highest BCUT2D eigenvalue weighted by Gasteiger charge is 2.23. The molecule has 0 radical (unpaired) electrons. The maximum absolute atomic E-state index is 12.7. The molecule has 8 heteroatoms. The van der Waals surface area contributed by atoms with Crippen LogP contribution in [-0.2, 0) is 16.0 Å². The molecular formula is C24H41N5O3. The number of hydrogen-bond donors (Lipinski definition) is 1. The van der Waals surface area contributed by atoms with Crippen molar-refractivity contribution >= 4 is 11.9 Å². The fourth-order valence-electron chi connectivity index (χ4n) is 4.25. The number of carbonyl (C=O) groups excluding carboxylic acids is 1. The number of piperazine rings is 1. The zero-order valence-electron chi connectivity index (χ0n) is 19.8. The highest BCUT2D eigenvalue weighted by atomic mass is 16.5. The van der Waals surface area contributed by atoms with Crippen LogP contribution in [0.1, 0.15) is 44.8 Å². The van der Waals surface area contributed by atoms with Crippen molar-refractivity contribution in [2.75, 3.05) is 72.1 Å². The van der Waals surface area contributed by atoms with E-state index in [0.29, 0.717) is 12.5 Å². The molecule has 180 valence electrons. The maximum Gasteiger partial charge on any atom is 0.236 e. The quantitative estimate of drug-likeness (QED) is 0.337. The molecule has 0 aromatic carbocycles. The molecule has 1 aromatic heterocycles. The van der Waals surface area contributed by atoms with Crippen LogP contribution in [-0.4, -0.2) is 98.7 Å². The van der Waals surface area contributed by atoms with E-state index in [0.717, 1.165) is 103 Å². The second kappa shape index (κ2) is 14.2. The van der Waals surface area contributed by atoms with E-state index in [4.69, 9.17) is 14.1 Å². The Hall–Kier alpha value is -2.06. The van der Waals surface area contributed by atoms with Crippen molar-refractivity contribution in [3.63, 3.8) is 0 Å². The predicted molar refractivity (Wildman–Crippen MR) is 127 cm³/mol. The summed E-state index contributed by atoms with van der Waals surface area (Å²) in [5.74, 6) is 2.22. The number of nitrogens with one attached hydrogen (secondary N) is 1. The first-order valence-electron chi connectivity index (χ1n) is 12.4. The van der Waals surface area contributed by atoms with Crippen molar-refractivity contribution in [3.05, 3.63) is 24.2 Å². The first-order valence-corrected chi connectivity index (χ1v) is 12.4. The zero-order chi connectivity index (χ0) is 22.4. The van der Waals surface area contributed by atoms with Gasteiger partial charge in [0.2, 0.25) is 5.91 Å². The van der Waals surface area contributed by atoms with Crippen LogP contribution < -0.4 is 5.32 Å². The molecule has 3 rings (SSSR count). The monoisotopic (exact) mass is 447 g/mol. The van der Waals surface area contributed by atoms with E-state index in [9.17, 15) is 4.79 Å². The van der Waals surface area contributed by atoms with E-state index in [-0.39, 0.29) is 0 Å². The van der Waals surface area contributed by atoms with Gasteiger partial charge in [-0.25, -0.2) is 0 Å². The molecule has 8 nitrogen and oxygen atoms in total. The number of nitrogens with zero attached hydrogens (tertiary/aromatic N) is 4. The van der Waals surface area contributed by atoms with Crippen LogP contribution in [0.25, 0.3) is 0 Å². The summed E-state index contributed by atoms with van der Waals surface area (Å²) in [6, 6.07) is 3.92. The van der Waals surface area contributed by atoms with E-state index in [2.05, 4.69) is 20.0 Å². The Morgan fingerprint density at radius 2 is 1.88 bits per heavy atom. The van der Waals surface area contributed by atoms with Crippen LogP contribution in [0.4, 0.5) is 0 Å². The summed E-state index contributed by atoms with van der Waals surface area (Å²) >= 11 is 0. The Bertz CT molecular complexity index is 663. The van der Waals surface area contributed by atoms with Crippen LogP contribution in [0.2, 0.25) is 0 Å². The lowest BCUT2D eigenvalue weighted by molar-refractivity contribution is -0.132. The smallest absolute Gasteiger partial charge is 0.236 e. The van der Waals surface area contributed by atoms with Crippen LogP contribution in [0, 0.1) is 0 Å². The van der Waals surface area contributed by atoms with Gasteiger partial charge in [-0.3, -0.25) is 14.7 Å². The van der Waals surface area contributed by atoms with E-state index in [1.807, 2.05) is 19.1 Å². The summed E-state index contributed by atoms with van der Waals surface area (Å²) in [4.78, 5) is 24.2. The van der Waals surface area contributed by atoms with Crippen molar-refractivity contribution in [1.82, 2.24) is 20.0 Å². The minimum absolute atomic E-state index is 0.293. The number of amides is 1. The largest absolute Gasteiger partial charge is 0.469 e. The molecule has 2 fully saturated rings. The molecule has 0 aliphatic carbocycles. The lowest BCUT2D eigenvalue weighted by atomic mass is 10.2. The number of ether oxygens (including phenoxy) is 1. The van der Waals surface area contributed by atoms with Crippen LogP contribution in [0.15, 0.2) is 27.8 Å². The number of guanidine groups is 1. The van der Waals surface area contributed by atoms with Gasteiger partial charge in [-0.1, -0.05) is 12.8 Å². The molecule has 0 saturated carbocycles. The third kappa shape index (κ3) is 8.47. The number of carbonyl (C=O) groups is 1. The van der Waals surface area contributed by atoms with Crippen molar-refractivity contribution in [2.24, 2.45) is 4.99 Å². The molecule has 2 saturated heterocycles. The van der Waals surface area contributed by atoms with Crippen molar-refractivity contribution in [3.8, 4) is 0 Å². The summed E-state index contributed by atoms with van der Waals surface area (Å²) in [5.41, 5.74) is 0. The maximum atomic E-state index is 12.7. The minimum atomic E-state index is 0.293. The van der Waals surface area contributed by atoms with Gasteiger partial charge in [-0.05, 0) is 38.3 Å². The number of likely N-dealkylation sites (tertiary alicyclic amines) is 1. The second-order valence-electron chi connectivity index (χ2n) is 8.57. The fraction of sp³-hybridized carbons (Fsp3) is 0.750. The van der Waals surface area contributed by atoms with E-state index < -0.39 is 0 Å². The summed E-state index contributed by atoms with van der Waals surface area (Å²) in [7, 11) is 0. The Kier molecular flexibility index (Phi) is 10.9. The Morgan fingerprint density at radius 1 is 1.09 bits per heavy atom. The zero-order valence-corrected chi connectivity index (χ0v) is 19.8. The van der Waals surface area contributed by atoms with Gasteiger partial charge in [-0.2, -0.15) is 0 Å². The molecule has 2 aliphatic rings. The summed E-state index contributed by atoms with van der Waals surface area (Å²) < 4.78 is 10.9. The molecular weight excluding hydrogens is 406 g/mol. The van der Waals surface area contributed by atoms with Crippen LogP contribution in [0.5, 0.6) is 0 Å². The number of furan rings is 1. The first kappa shape index (κ1) is 24.6. The van der Waals surface area contributed by atoms with Gasteiger partial charge >= 0.3 is 0 Å². The van der Waals surface area contributed by atoms with Gasteiger partial charge in [0, 0.05) is 72.0 Å². The van der Waals surface area contributed by atoms with E-state index >= 15 is 0 Å². The van der Waals surface area contributed by atoms with E-state index in [1.165, 1.54) is 12.8 Å². The average Bonchev–Trinajstić information content (AvgIpc) is 3.17.